The fraction of sp³-hybridized carbons (Fsp3) is 0.351. The van der Waals surface area contributed by atoms with Gasteiger partial charge in [-0.3, -0.25) is 9.11 Å². The average Bonchev–Trinajstić information content (AvgIpc) is 3.24. The molecule has 416 valence electrons. The van der Waals surface area contributed by atoms with Gasteiger partial charge in [-0.15, -0.1) is 25.3 Å². The van der Waals surface area contributed by atoms with E-state index in [1.165, 1.54) is 0 Å². The molecule has 4 atom stereocenters. The molecular weight excluding hydrogens is 1170 g/mol. The van der Waals surface area contributed by atoms with E-state index >= 15 is 8.78 Å². The maximum absolute atomic E-state index is 16.2. The minimum atomic E-state index is -6.54. The lowest BCUT2D eigenvalue weighted by molar-refractivity contribution is -0.527. The van der Waals surface area contributed by atoms with Crippen molar-refractivity contribution < 1.29 is 149 Å². The summed E-state index contributed by atoms with van der Waals surface area (Å²) in [5, 5.41) is 0. The number of hydrogen-bond donors (Lipinski definition) is 2. The van der Waals surface area contributed by atoms with Crippen molar-refractivity contribution in [2.45, 2.75) is 81.4 Å². The minimum Gasteiger partial charge on any atom is -0.495 e. The summed E-state index contributed by atoms with van der Waals surface area (Å²) >= 11 is 0. The van der Waals surface area contributed by atoms with E-state index in [1.54, 1.807) is 0 Å². The van der Waals surface area contributed by atoms with Crippen LogP contribution in [-0.2, 0) is 46.9 Å². The van der Waals surface area contributed by atoms with E-state index in [-0.39, 0.29) is 61.5 Å². The zero-order valence-electron chi connectivity index (χ0n) is 35.6. The molecule has 4 aromatic rings. The van der Waals surface area contributed by atoms with Crippen LogP contribution in [0.15, 0.2) is 94.7 Å². The quantitative estimate of drug-likeness (QED) is 0.0998. The van der Waals surface area contributed by atoms with Crippen molar-refractivity contribution in [3.05, 3.63) is 96.1 Å². The van der Waals surface area contributed by atoms with Gasteiger partial charge in [-0.05, 0) is 77.7 Å². The van der Waals surface area contributed by atoms with E-state index in [0.717, 1.165) is 0 Å². The molecule has 4 aromatic carbocycles. The summed E-state index contributed by atoms with van der Waals surface area (Å²) in [6.45, 7) is -0.232. The first kappa shape index (κ1) is 61.4. The smallest absolute Gasteiger partial charge is 0.425 e. The van der Waals surface area contributed by atoms with E-state index in [2.05, 4.69) is 18.9 Å². The molecule has 0 saturated heterocycles. The van der Waals surface area contributed by atoms with E-state index in [0.29, 0.717) is 37.4 Å². The summed E-state index contributed by atoms with van der Waals surface area (Å²) in [7, 11) is -17.1. The number of halogens is 18. The first-order valence-corrected chi connectivity index (χ1v) is 23.4. The number of alkyl halides is 18. The van der Waals surface area contributed by atoms with Gasteiger partial charge in [-0.25, -0.2) is 4.39 Å². The summed E-state index contributed by atoms with van der Waals surface area (Å²) < 4.78 is 400. The lowest BCUT2D eigenvalue weighted by Gasteiger charge is -2.55. The monoisotopic (exact) mass is 1190 g/mol. The molecule has 2 aliphatic carbocycles. The fourth-order valence-electron chi connectivity index (χ4n) is 7.13. The van der Waals surface area contributed by atoms with Crippen molar-refractivity contribution in [3.8, 4) is 34.1 Å². The van der Waals surface area contributed by atoms with E-state index in [4.69, 9.17) is 25.3 Å². The number of methoxy groups -OCH3 is 1. The Morgan fingerprint density at radius 2 is 0.787 bits per heavy atom. The Balaban J connectivity index is 0.00000142. The SMILES string of the molecule is COc1ccc(C(c2ccc(OC3(F)C(F)(F)C(F)(F)C3(F)Oc3ccc(-c4ccc(OC5(F)C(C)(F)C(F)(F)C5(F)F)cc4)cc3S(=O)(=O)O)cc2)(C(F)(F)F)C(F)(F)F)cc1S(=O)(=O)O.O=S(=O)=O.O=S(=O)=O. The van der Waals surface area contributed by atoms with Crippen LogP contribution in [0.25, 0.3) is 11.1 Å². The van der Waals surface area contributed by atoms with Crippen molar-refractivity contribution in [2.75, 3.05) is 7.11 Å². The Morgan fingerprint density at radius 3 is 1.17 bits per heavy atom. The molecule has 2 N–H and O–H groups in total. The van der Waals surface area contributed by atoms with E-state index in [1.807, 2.05) is 0 Å². The molecule has 0 heterocycles. The standard InChI is InChI=1S/C37H22F18O10S2.2O3S/c1-27(38)29(39,40)30(41,42)33(27,47)63-21-9-3-17(4-10-21)18-5-13-24(25(15-18)66(56,57)58)65-35(49)32(45,46)31(43,44)34(35,48)64-22-11-6-19(7-12-22)28(36(50,51)52,37(53,54)55)20-8-14-23(62-2)26(16-20)67(59,60)61;2*1-4(2)3/h3-16H,1-2H3,(H,56,57,58)(H,59,60,61);;. The maximum Gasteiger partial charge on any atom is 0.425 e. The highest BCUT2D eigenvalue weighted by Crippen LogP contribution is 2.70. The van der Waals surface area contributed by atoms with Crippen molar-refractivity contribution in [1.82, 2.24) is 0 Å². The molecule has 38 heteroatoms. The topological polar surface area (TPSA) is 248 Å². The summed E-state index contributed by atoms with van der Waals surface area (Å²) in [6, 6.07) is 2.32. The zero-order chi connectivity index (χ0) is 58.2. The second kappa shape index (κ2) is 19.2. The number of ether oxygens (including phenoxy) is 4. The molecule has 0 spiro atoms. The van der Waals surface area contributed by atoms with Gasteiger partial charge >= 0.3 is 74.8 Å². The molecule has 2 saturated carbocycles. The molecule has 0 radical (unpaired) electrons. The van der Waals surface area contributed by atoms with E-state index in [9.17, 15) is 96.2 Å². The van der Waals surface area contributed by atoms with E-state index < -0.39 is 161 Å². The maximum atomic E-state index is 16.2. The van der Waals surface area contributed by atoms with Gasteiger partial charge in [-0.1, -0.05) is 36.4 Å². The Morgan fingerprint density at radius 1 is 0.453 bits per heavy atom. The highest BCUT2D eigenvalue weighted by molar-refractivity contribution is 7.86. The minimum absolute atomic E-state index is 0.0557. The van der Waals surface area contributed by atoms with Crippen LogP contribution in [0.1, 0.15) is 18.1 Å². The Labute approximate surface area is 408 Å². The Kier molecular flexibility index (Phi) is 15.7. The van der Waals surface area contributed by atoms with Gasteiger partial charge < -0.3 is 18.9 Å². The molecule has 0 bridgehead atoms. The zero-order valence-corrected chi connectivity index (χ0v) is 38.9. The normalized spacial score (nSPS) is 24.5. The molecule has 0 amide bonds. The summed E-state index contributed by atoms with van der Waals surface area (Å²) in [5.74, 6) is -46.6. The third-order valence-corrected chi connectivity index (χ3v) is 12.5. The molecule has 16 nitrogen and oxygen atoms in total. The second-order valence-corrected chi connectivity index (χ2v) is 18.7. The van der Waals surface area contributed by atoms with Gasteiger partial charge in [0.25, 0.3) is 25.9 Å². The first-order valence-electron chi connectivity index (χ1n) is 18.5. The molecular formula is C37H22F18O16S4. The fourth-order valence-corrected chi connectivity index (χ4v) is 8.45. The number of benzene rings is 4. The Hall–Kier alpha value is -6.12. The van der Waals surface area contributed by atoms with Crippen LogP contribution >= 0.6 is 0 Å². The van der Waals surface area contributed by atoms with Crippen molar-refractivity contribution in [2.24, 2.45) is 0 Å². The van der Waals surface area contributed by atoms with Crippen LogP contribution in [0, 0.1) is 0 Å². The first-order chi connectivity index (χ1) is 33.6. The number of rotatable bonds is 12. The van der Waals surface area contributed by atoms with Crippen LogP contribution in [0.3, 0.4) is 0 Å². The highest BCUT2D eigenvalue weighted by Gasteiger charge is 3.03. The van der Waals surface area contributed by atoms with Gasteiger partial charge in [0.2, 0.25) is 5.41 Å². The van der Waals surface area contributed by atoms with Gasteiger partial charge in [0.1, 0.15) is 32.8 Å². The number of hydrogen-bond acceptors (Lipinski definition) is 14. The summed E-state index contributed by atoms with van der Waals surface area (Å²) in [6.07, 6.45) is -13.1. The van der Waals surface area contributed by atoms with Gasteiger partial charge in [0.05, 0.1) is 7.11 Å². The predicted molar refractivity (Wildman–Crippen MR) is 206 cm³/mol. The summed E-state index contributed by atoms with van der Waals surface area (Å²) in [5.41, 5.74) is -14.9. The van der Waals surface area contributed by atoms with Gasteiger partial charge in [0.15, 0.2) is 0 Å². The predicted octanol–water partition coefficient (Wildman–Crippen LogP) is 8.39. The second-order valence-electron chi connectivity index (χ2n) is 15.1. The van der Waals surface area contributed by atoms with Gasteiger partial charge in [0, 0.05) is 0 Å². The molecule has 6 rings (SSSR count). The molecule has 0 aliphatic heterocycles. The van der Waals surface area contributed by atoms with Crippen LogP contribution in [0.5, 0.6) is 23.0 Å². The largest absolute Gasteiger partial charge is 0.495 e. The average molecular weight is 1190 g/mol. The van der Waals surface area contributed by atoms with Crippen LogP contribution in [0.4, 0.5) is 79.0 Å². The molecule has 75 heavy (non-hydrogen) atoms. The molecule has 0 aromatic heterocycles. The van der Waals surface area contributed by atoms with Crippen LogP contribution in [-0.4, -0.2) is 118 Å². The molecule has 2 fully saturated rings. The lowest BCUT2D eigenvalue weighted by Crippen LogP contribution is -2.89. The molecule has 2 aliphatic rings. The van der Waals surface area contributed by atoms with Gasteiger partial charge in [-0.2, -0.15) is 91.5 Å². The lowest BCUT2D eigenvalue weighted by atomic mass is 9.69. The van der Waals surface area contributed by atoms with Crippen molar-refractivity contribution in [3.63, 3.8) is 0 Å². The third kappa shape index (κ3) is 9.63. The third-order valence-electron chi connectivity index (χ3n) is 10.8. The van der Waals surface area contributed by atoms with Crippen LogP contribution < -0.4 is 18.9 Å². The van der Waals surface area contributed by atoms with Crippen molar-refractivity contribution >= 4 is 41.5 Å². The molecule has 4 unspecified atom stereocenters. The van der Waals surface area contributed by atoms with Crippen LogP contribution in [0.2, 0.25) is 0 Å². The highest BCUT2D eigenvalue weighted by atomic mass is 32.2. The van der Waals surface area contributed by atoms with Crippen molar-refractivity contribution in [1.29, 1.82) is 0 Å². The summed E-state index contributed by atoms with van der Waals surface area (Å²) in [4.78, 5) is -3.47. The Bertz CT molecular complexity index is 3250.